The Labute approximate surface area is 98.2 Å². The topological polar surface area (TPSA) is 61.4 Å². The normalized spacial score (nSPS) is 10.7. The molecule has 0 spiro atoms. The SMILES string of the molecule is CCC(CC)(CO)CNC(=O)CNC.Cl. The quantitative estimate of drug-likeness (QED) is 0.607. The molecule has 0 aromatic rings. The van der Waals surface area contributed by atoms with E-state index in [1.807, 2.05) is 13.8 Å². The van der Waals surface area contributed by atoms with Crippen LogP contribution in [-0.2, 0) is 4.79 Å². The fourth-order valence-corrected chi connectivity index (χ4v) is 1.29. The molecule has 0 heterocycles. The number of hydrogen-bond acceptors (Lipinski definition) is 3. The van der Waals surface area contributed by atoms with Gasteiger partial charge in [0.05, 0.1) is 13.2 Å². The fourth-order valence-electron chi connectivity index (χ4n) is 1.29. The third-order valence-electron chi connectivity index (χ3n) is 2.83. The van der Waals surface area contributed by atoms with Gasteiger partial charge in [0.2, 0.25) is 5.91 Å². The molecule has 1 amide bonds. The summed E-state index contributed by atoms with van der Waals surface area (Å²) in [7, 11) is 1.73. The Morgan fingerprint density at radius 3 is 2.20 bits per heavy atom. The Hall–Kier alpha value is -0.320. The molecule has 0 aromatic carbocycles. The number of aliphatic hydroxyl groups excluding tert-OH is 1. The first kappa shape index (κ1) is 17.1. The number of rotatable bonds is 7. The number of halogens is 1. The van der Waals surface area contributed by atoms with Crippen LogP contribution in [0, 0.1) is 5.41 Å². The molecule has 0 bridgehead atoms. The van der Waals surface area contributed by atoms with Gasteiger partial charge in [0.1, 0.15) is 0 Å². The standard InChI is InChI=1S/C10H22N2O2.ClH/c1-4-10(5-2,8-13)7-12-9(14)6-11-3;/h11,13H,4-8H2,1-3H3,(H,12,14);1H. The minimum absolute atomic E-state index is 0. The number of carbonyl (C=O) groups excluding carboxylic acids is 1. The predicted octanol–water partition coefficient (Wildman–Crippen LogP) is 0.542. The molecule has 0 radical (unpaired) electrons. The van der Waals surface area contributed by atoms with Crippen molar-refractivity contribution in [3.8, 4) is 0 Å². The van der Waals surface area contributed by atoms with Gasteiger partial charge in [0, 0.05) is 12.0 Å². The highest BCUT2D eigenvalue weighted by atomic mass is 35.5. The van der Waals surface area contributed by atoms with Crippen LogP contribution in [0.4, 0.5) is 0 Å². The molecule has 0 atom stereocenters. The summed E-state index contributed by atoms with van der Waals surface area (Å²) in [5, 5.41) is 14.9. The van der Waals surface area contributed by atoms with Crippen molar-refractivity contribution < 1.29 is 9.90 Å². The van der Waals surface area contributed by atoms with Gasteiger partial charge < -0.3 is 15.7 Å². The minimum atomic E-state index is -0.149. The second-order valence-electron chi connectivity index (χ2n) is 3.67. The Kier molecular flexibility index (Phi) is 10.2. The monoisotopic (exact) mass is 238 g/mol. The Bertz CT molecular complexity index is 165. The van der Waals surface area contributed by atoms with Crippen LogP contribution in [0.2, 0.25) is 0 Å². The van der Waals surface area contributed by atoms with Crippen LogP contribution in [0.3, 0.4) is 0 Å². The maximum atomic E-state index is 11.2. The number of aliphatic hydroxyl groups is 1. The maximum Gasteiger partial charge on any atom is 0.233 e. The van der Waals surface area contributed by atoms with Gasteiger partial charge in [-0.25, -0.2) is 0 Å². The van der Waals surface area contributed by atoms with Crippen LogP contribution < -0.4 is 10.6 Å². The lowest BCUT2D eigenvalue weighted by Crippen LogP contribution is -2.42. The zero-order valence-corrected chi connectivity index (χ0v) is 10.6. The van der Waals surface area contributed by atoms with E-state index in [-0.39, 0.29) is 30.3 Å². The number of hydrogen-bond donors (Lipinski definition) is 3. The molecule has 0 aromatic heterocycles. The van der Waals surface area contributed by atoms with Crippen LogP contribution in [0.15, 0.2) is 0 Å². The van der Waals surface area contributed by atoms with Crippen LogP contribution in [-0.4, -0.2) is 37.8 Å². The van der Waals surface area contributed by atoms with E-state index >= 15 is 0 Å². The maximum absolute atomic E-state index is 11.2. The first-order valence-electron chi connectivity index (χ1n) is 5.16. The third kappa shape index (κ3) is 5.97. The Morgan fingerprint density at radius 2 is 1.87 bits per heavy atom. The molecule has 5 heteroatoms. The van der Waals surface area contributed by atoms with E-state index in [0.29, 0.717) is 13.1 Å². The van der Waals surface area contributed by atoms with Crippen molar-refractivity contribution in [3.63, 3.8) is 0 Å². The highest BCUT2D eigenvalue weighted by molar-refractivity contribution is 5.85. The lowest BCUT2D eigenvalue weighted by atomic mass is 9.83. The smallest absolute Gasteiger partial charge is 0.233 e. The van der Waals surface area contributed by atoms with E-state index < -0.39 is 0 Å². The highest BCUT2D eigenvalue weighted by Gasteiger charge is 2.25. The van der Waals surface area contributed by atoms with Gasteiger partial charge in [-0.2, -0.15) is 0 Å². The van der Waals surface area contributed by atoms with Crippen molar-refractivity contribution in [2.75, 3.05) is 26.7 Å². The molecule has 0 rings (SSSR count). The summed E-state index contributed by atoms with van der Waals surface area (Å²) >= 11 is 0. The van der Waals surface area contributed by atoms with Gasteiger partial charge in [-0.15, -0.1) is 12.4 Å². The van der Waals surface area contributed by atoms with Gasteiger partial charge in [0.25, 0.3) is 0 Å². The summed E-state index contributed by atoms with van der Waals surface area (Å²) in [6, 6.07) is 0. The molecule has 92 valence electrons. The summed E-state index contributed by atoms with van der Waals surface area (Å²) in [6.07, 6.45) is 1.75. The lowest BCUT2D eigenvalue weighted by molar-refractivity contribution is -0.120. The molecule has 0 saturated carbocycles. The van der Waals surface area contributed by atoms with Crippen LogP contribution in [0.1, 0.15) is 26.7 Å². The fraction of sp³-hybridized carbons (Fsp3) is 0.900. The number of likely N-dealkylation sites (N-methyl/N-ethyl adjacent to an activating group) is 1. The third-order valence-corrected chi connectivity index (χ3v) is 2.83. The first-order valence-corrected chi connectivity index (χ1v) is 5.16. The average molecular weight is 239 g/mol. The molecule has 0 fully saturated rings. The molecular weight excluding hydrogens is 216 g/mol. The van der Waals surface area contributed by atoms with Crippen molar-refractivity contribution in [1.29, 1.82) is 0 Å². The van der Waals surface area contributed by atoms with E-state index in [9.17, 15) is 9.90 Å². The minimum Gasteiger partial charge on any atom is -0.396 e. The summed E-state index contributed by atoms with van der Waals surface area (Å²) in [5.74, 6) is -0.0211. The highest BCUT2D eigenvalue weighted by Crippen LogP contribution is 2.24. The summed E-state index contributed by atoms with van der Waals surface area (Å²) < 4.78 is 0. The number of carbonyl (C=O) groups is 1. The van der Waals surface area contributed by atoms with E-state index in [2.05, 4.69) is 10.6 Å². The second-order valence-corrected chi connectivity index (χ2v) is 3.67. The van der Waals surface area contributed by atoms with E-state index in [0.717, 1.165) is 12.8 Å². The predicted molar refractivity (Wildman–Crippen MR) is 64.3 cm³/mol. The molecule has 0 aliphatic carbocycles. The Balaban J connectivity index is 0. The van der Waals surface area contributed by atoms with Crippen molar-refractivity contribution in [1.82, 2.24) is 10.6 Å². The largest absolute Gasteiger partial charge is 0.396 e. The average Bonchev–Trinajstić information content (AvgIpc) is 2.21. The van der Waals surface area contributed by atoms with Crippen LogP contribution >= 0.6 is 12.4 Å². The van der Waals surface area contributed by atoms with Crippen molar-refractivity contribution in [2.45, 2.75) is 26.7 Å². The van der Waals surface area contributed by atoms with E-state index in [1.165, 1.54) is 0 Å². The summed E-state index contributed by atoms with van der Waals surface area (Å²) in [5.41, 5.74) is -0.149. The van der Waals surface area contributed by atoms with Gasteiger partial charge in [0.15, 0.2) is 0 Å². The summed E-state index contributed by atoms with van der Waals surface area (Å²) in [4.78, 5) is 11.2. The molecule has 0 unspecified atom stereocenters. The zero-order chi connectivity index (χ0) is 11.0. The van der Waals surface area contributed by atoms with Crippen LogP contribution in [0.5, 0.6) is 0 Å². The van der Waals surface area contributed by atoms with Gasteiger partial charge in [-0.05, 0) is 19.9 Å². The lowest BCUT2D eigenvalue weighted by Gasteiger charge is -2.29. The van der Waals surface area contributed by atoms with Gasteiger partial charge >= 0.3 is 0 Å². The Morgan fingerprint density at radius 1 is 1.33 bits per heavy atom. The van der Waals surface area contributed by atoms with Crippen LogP contribution in [0.25, 0.3) is 0 Å². The van der Waals surface area contributed by atoms with Gasteiger partial charge in [-0.3, -0.25) is 4.79 Å². The van der Waals surface area contributed by atoms with Crippen molar-refractivity contribution >= 4 is 18.3 Å². The van der Waals surface area contributed by atoms with Gasteiger partial charge in [-0.1, -0.05) is 13.8 Å². The second kappa shape index (κ2) is 8.95. The summed E-state index contributed by atoms with van der Waals surface area (Å²) in [6.45, 7) is 5.07. The molecule has 4 nitrogen and oxygen atoms in total. The molecule has 0 aliphatic rings. The zero-order valence-electron chi connectivity index (χ0n) is 9.80. The number of amides is 1. The van der Waals surface area contributed by atoms with E-state index in [1.54, 1.807) is 7.05 Å². The van der Waals surface area contributed by atoms with Crippen molar-refractivity contribution in [2.24, 2.45) is 5.41 Å². The molecule has 3 N–H and O–H groups in total. The molecule has 15 heavy (non-hydrogen) atoms. The number of nitrogens with one attached hydrogen (secondary N) is 2. The van der Waals surface area contributed by atoms with E-state index in [4.69, 9.17) is 0 Å². The van der Waals surface area contributed by atoms with Crippen molar-refractivity contribution in [3.05, 3.63) is 0 Å². The molecular formula is C10H23ClN2O2. The first-order chi connectivity index (χ1) is 6.64. The molecule has 0 aliphatic heterocycles. The molecule has 0 saturated heterocycles.